The third-order valence-electron chi connectivity index (χ3n) is 5.21. The summed E-state index contributed by atoms with van der Waals surface area (Å²) in [5.41, 5.74) is 1.05. The summed E-state index contributed by atoms with van der Waals surface area (Å²) in [6.45, 7) is 2.72. The van der Waals surface area contributed by atoms with Gasteiger partial charge >= 0.3 is 0 Å². The summed E-state index contributed by atoms with van der Waals surface area (Å²) in [7, 11) is 3.89. The zero-order valence-corrected chi connectivity index (χ0v) is 17.0. The van der Waals surface area contributed by atoms with Crippen molar-refractivity contribution >= 4 is 17.7 Å². The van der Waals surface area contributed by atoms with Crippen LogP contribution in [0.2, 0.25) is 0 Å². The minimum Gasteiger partial charge on any atom is -0.363 e. The highest BCUT2D eigenvalue weighted by molar-refractivity contribution is 5.94. The Morgan fingerprint density at radius 2 is 1.83 bits per heavy atom. The summed E-state index contributed by atoms with van der Waals surface area (Å²) < 4.78 is 26.3. The van der Waals surface area contributed by atoms with Crippen LogP contribution in [-0.2, 0) is 0 Å². The number of nitrogens with zero attached hydrogens (tertiary/aromatic N) is 3. The van der Waals surface area contributed by atoms with E-state index < -0.39 is 11.6 Å². The van der Waals surface area contributed by atoms with E-state index in [1.807, 2.05) is 32.0 Å². The average Bonchev–Trinajstić information content (AvgIpc) is 2.69. The van der Waals surface area contributed by atoms with Crippen molar-refractivity contribution in [1.82, 2.24) is 15.3 Å². The van der Waals surface area contributed by atoms with Crippen LogP contribution in [-0.4, -0.2) is 42.6 Å². The highest BCUT2D eigenvalue weighted by Gasteiger charge is 2.23. The Balaban J connectivity index is 1.47. The fourth-order valence-electron chi connectivity index (χ4n) is 3.51. The molecule has 0 bridgehead atoms. The van der Waals surface area contributed by atoms with Crippen LogP contribution in [0.1, 0.15) is 41.7 Å². The second-order valence-electron chi connectivity index (χ2n) is 7.79. The van der Waals surface area contributed by atoms with Crippen LogP contribution < -0.4 is 15.5 Å². The molecule has 1 aromatic carbocycles. The van der Waals surface area contributed by atoms with E-state index in [0.717, 1.165) is 55.9 Å². The van der Waals surface area contributed by atoms with Crippen LogP contribution in [0.4, 0.5) is 20.5 Å². The normalized spacial score (nSPS) is 18.9. The molecule has 0 unspecified atom stereocenters. The van der Waals surface area contributed by atoms with Crippen molar-refractivity contribution in [2.24, 2.45) is 5.92 Å². The molecular formula is C21H27F2N5O. The van der Waals surface area contributed by atoms with Gasteiger partial charge in [-0.1, -0.05) is 0 Å². The Labute approximate surface area is 169 Å². The van der Waals surface area contributed by atoms with Gasteiger partial charge in [0.25, 0.3) is 5.91 Å². The van der Waals surface area contributed by atoms with E-state index in [1.54, 1.807) is 0 Å². The van der Waals surface area contributed by atoms with Crippen molar-refractivity contribution < 1.29 is 13.6 Å². The number of anilines is 2. The molecule has 1 heterocycles. The van der Waals surface area contributed by atoms with Gasteiger partial charge in [0.2, 0.25) is 5.95 Å². The molecule has 8 heteroatoms. The van der Waals surface area contributed by atoms with Gasteiger partial charge in [-0.3, -0.25) is 4.79 Å². The summed E-state index contributed by atoms with van der Waals surface area (Å²) in [5.74, 6) is -0.368. The smallest absolute Gasteiger partial charge is 0.251 e. The molecule has 3 rings (SSSR count). The van der Waals surface area contributed by atoms with E-state index >= 15 is 0 Å². The molecule has 0 aliphatic heterocycles. The van der Waals surface area contributed by atoms with Crippen LogP contribution in [0.3, 0.4) is 0 Å². The largest absolute Gasteiger partial charge is 0.363 e. The topological polar surface area (TPSA) is 70.2 Å². The van der Waals surface area contributed by atoms with Gasteiger partial charge < -0.3 is 15.5 Å². The lowest BCUT2D eigenvalue weighted by Crippen LogP contribution is -2.38. The number of benzene rings is 1. The summed E-state index contributed by atoms with van der Waals surface area (Å²) in [5, 5.41) is 6.25. The zero-order chi connectivity index (χ0) is 21.0. The first-order valence-electron chi connectivity index (χ1n) is 9.84. The van der Waals surface area contributed by atoms with Crippen molar-refractivity contribution in [3.63, 3.8) is 0 Å². The van der Waals surface area contributed by atoms with Crippen molar-refractivity contribution in [3.8, 4) is 0 Å². The summed E-state index contributed by atoms with van der Waals surface area (Å²) >= 11 is 0. The number of hydrogen-bond acceptors (Lipinski definition) is 5. The van der Waals surface area contributed by atoms with E-state index in [1.165, 1.54) is 6.07 Å². The van der Waals surface area contributed by atoms with Crippen LogP contribution in [0.5, 0.6) is 0 Å². The molecule has 0 spiro atoms. The molecule has 1 aliphatic rings. The lowest BCUT2D eigenvalue weighted by molar-refractivity contribution is 0.0922. The molecule has 29 heavy (non-hydrogen) atoms. The summed E-state index contributed by atoms with van der Waals surface area (Å²) in [6.07, 6.45) is 3.61. The number of rotatable bonds is 6. The van der Waals surface area contributed by atoms with Gasteiger partial charge in [-0.15, -0.1) is 0 Å². The molecule has 1 aliphatic carbocycles. The maximum atomic E-state index is 13.3. The summed E-state index contributed by atoms with van der Waals surface area (Å²) in [6, 6.07) is 5.19. The number of carbonyl (C=O) groups is 1. The number of halogens is 2. The van der Waals surface area contributed by atoms with Gasteiger partial charge in [0.1, 0.15) is 5.82 Å². The lowest BCUT2D eigenvalue weighted by Gasteiger charge is -2.29. The highest BCUT2D eigenvalue weighted by atomic mass is 19.2. The molecule has 2 N–H and O–H groups in total. The van der Waals surface area contributed by atoms with Crippen LogP contribution >= 0.6 is 0 Å². The predicted molar refractivity (Wildman–Crippen MR) is 109 cm³/mol. The minimum absolute atomic E-state index is 0.0439. The zero-order valence-electron chi connectivity index (χ0n) is 17.0. The molecular weight excluding hydrogens is 376 g/mol. The van der Waals surface area contributed by atoms with Crippen molar-refractivity contribution in [1.29, 1.82) is 0 Å². The van der Waals surface area contributed by atoms with E-state index in [2.05, 4.69) is 20.6 Å². The first kappa shape index (κ1) is 21.0. The number of carbonyl (C=O) groups excluding carboxylic acids is 1. The Morgan fingerprint density at radius 3 is 2.48 bits per heavy atom. The van der Waals surface area contributed by atoms with Crippen molar-refractivity contribution in [2.45, 2.75) is 38.6 Å². The SMILES string of the molecule is Cc1cc(N(C)C)nc(NCC2CCC(NC(=O)c3ccc(F)c(F)c3)CC2)n1. The maximum Gasteiger partial charge on any atom is 0.251 e. The molecule has 2 aromatic rings. The Morgan fingerprint density at radius 1 is 1.10 bits per heavy atom. The highest BCUT2D eigenvalue weighted by Crippen LogP contribution is 2.25. The molecule has 1 aromatic heterocycles. The van der Waals surface area contributed by atoms with E-state index in [9.17, 15) is 13.6 Å². The first-order chi connectivity index (χ1) is 13.8. The third kappa shape index (κ3) is 5.62. The number of hydrogen-bond donors (Lipinski definition) is 2. The van der Waals surface area contributed by atoms with E-state index in [0.29, 0.717) is 11.9 Å². The molecule has 156 valence electrons. The maximum absolute atomic E-state index is 13.3. The third-order valence-corrected chi connectivity index (χ3v) is 5.21. The number of aryl methyl sites for hydroxylation is 1. The average molecular weight is 403 g/mol. The monoisotopic (exact) mass is 403 g/mol. The fraction of sp³-hybridized carbons (Fsp3) is 0.476. The van der Waals surface area contributed by atoms with Crippen LogP contribution in [0, 0.1) is 24.5 Å². The minimum atomic E-state index is -1.01. The van der Waals surface area contributed by atoms with E-state index in [4.69, 9.17) is 0 Å². The molecule has 1 fully saturated rings. The second kappa shape index (κ2) is 9.15. The molecule has 0 saturated heterocycles. The first-order valence-corrected chi connectivity index (χ1v) is 9.84. The van der Waals surface area contributed by atoms with Gasteiger partial charge in [-0.25, -0.2) is 13.8 Å². The standard InChI is InChI=1S/C21H27F2N5O/c1-13-10-19(28(2)3)27-21(25-13)24-12-14-4-7-16(8-5-14)26-20(29)15-6-9-17(22)18(23)11-15/h6,9-11,14,16H,4-5,7-8,12H2,1-3H3,(H,26,29)(H,24,25,27). The van der Waals surface area contributed by atoms with Gasteiger partial charge in [0.15, 0.2) is 11.6 Å². The number of amides is 1. The fourth-order valence-corrected chi connectivity index (χ4v) is 3.51. The van der Waals surface area contributed by atoms with Gasteiger partial charge in [-0.2, -0.15) is 4.98 Å². The lowest BCUT2D eigenvalue weighted by atomic mass is 9.86. The number of nitrogens with one attached hydrogen (secondary N) is 2. The predicted octanol–water partition coefficient (Wildman–Crippen LogP) is 3.53. The second-order valence-corrected chi connectivity index (χ2v) is 7.79. The van der Waals surface area contributed by atoms with E-state index in [-0.39, 0.29) is 17.5 Å². The Kier molecular flexibility index (Phi) is 6.61. The Hall–Kier alpha value is -2.77. The van der Waals surface area contributed by atoms with Crippen LogP contribution in [0.15, 0.2) is 24.3 Å². The van der Waals surface area contributed by atoms with Crippen LogP contribution in [0.25, 0.3) is 0 Å². The Bertz CT molecular complexity index is 866. The van der Waals surface area contributed by atoms with Crippen molar-refractivity contribution in [3.05, 3.63) is 47.2 Å². The quantitative estimate of drug-likeness (QED) is 0.772. The molecule has 6 nitrogen and oxygen atoms in total. The molecule has 1 amide bonds. The van der Waals surface area contributed by atoms with Gasteiger partial charge in [0.05, 0.1) is 0 Å². The van der Waals surface area contributed by atoms with Gasteiger partial charge in [0, 0.05) is 44.0 Å². The molecule has 1 saturated carbocycles. The molecule has 0 atom stereocenters. The summed E-state index contributed by atoms with van der Waals surface area (Å²) in [4.78, 5) is 23.1. The number of aromatic nitrogens is 2. The van der Waals surface area contributed by atoms with Crippen molar-refractivity contribution in [2.75, 3.05) is 30.9 Å². The molecule has 0 radical (unpaired) electrons. The van der Waals surface area contributed by atoms with Gasteiger partial charge in [-0.05, 0) is 56.7 Å².